The number of carbonyl (C=O) groups is 2. The zero-order valence-electron chi connectivity index (χ0n) is 21.3. The van der Waals surface area contributed by atoms with E-state index in [1.54, 1.807) is 23.1 Å². The summed E-state index contributed by atoms with van der Waals surface area (Å²) in [4.78, 5) is 28.8. The molecule has 7 heteroatoms. The van der Waals surface area contributed by atoms with Gasteiger partial charge < -0.3 is 15.0 Å². The topological polar surface area (TPSA) is 58.6 Å². The highest BCUT2D eigenvalue weighted by molar-refractivity contribution is 6.36. The maximum atomic E-state index is 13.7. The van der Waals surface area contributed by atoms with Crippen LogP contribution in [0.4, 0.5) is 0 Å². The molecule has 0 aliphatic heterocycles. The molecule has 2 atom stereocenters. The average Bonchev–Trinajstić information content (AvgIpc) is 2.91. The van der Waals surface area contributed by atoms with Gasteiger partial charge in [0.15, 0.2) is 0 Å². The number of ether oxygens (including phenoxy) is 1. The summed E-state index contributed by atoms with van der Waals surface area (Å²) in [5.74, 6) is 0.396. The van der Waals surface area contributed by atoms with Crippen molar-refractivity contribution in [1.29, 1.82) is 0 Å². The molecule has 0 radical (unpaired) electrons. The first-order chi connectivity index (χ1) is 17.9. The lowest BCUT2D eigenvalue weighted by atomic mass is 10.0. The van der Waals surface area contributed by atoms with Crippen molar-refractivity contribution in [1.82, 2.24) is 10.2 Å². The van der Waals surface area contributed by atoms with Crippen molar-refractivity contribution in [3.8, 4) is 5.75 Å². The Morgan fingerprint density at radius 2 is 1.54 bits per heavy atom. The van der Waals surface area contributed by atoms with Crippen LogP contribution in [-0.2, 0) is 22.6 Å². The normalized spacial score (nSPS) is 12.4. The van der Waals surface area contributed by atoms with Gasteiger partial charge in [0, 0.05) is 41.0 Å². The Morgan fingerprint density at radius 3 is 2.16 bits per heavy atom. The Hall–Kier alpha value is -3.02. The number of para-hydroxylation sites is 1. The number of amides is 2. The van der Waals surface area contributed by atoms with Gasteiger partial charge in [-0.1, -0.05) is 84.7 Å². The van der Waals surface area contributed by atoms with Gasteiger partial charge in [-0.25, -0.2) is 0 Å². The summed E-state index contributed by atoms with van der Waals surface area (Å²) in [5.41, 5.74) is 1.58. The highest BCUT2D eigenvalue weighted by atomic mass is 35.5. The lowest BCUT2D eigenvalue weighted by Crippen LogP contribution is -2.52. The summed E-state index contributed by atoms with van der Waals surface area (Å²) in [5, 5.41) is 3.98. The van der Waals surface area contributed by atoms with Gasteiger partial charge in [0.1, 0.15) is 11.8 Å². The number of hydrogen-bond donors (Lipinski definition) is 1. The zero-order chi connectivity index (χ0) is 26.6. The molecular formula is C30H34Cl2N2O3. The largest absolute Gasteiger partial charge is 0.494 e. The summed E-state index contributed by atoms with van der Waals surface area (Å²) in [6, 6.07) is 23.7. The molecule has 0 aromatic heterocycles. The molecule has 3 aromatic carbocycles. The van der Waals surface area contributed by atoms with Crippen LogP contribution in [-0.4, -0.2) is 35.4 Å². The second kappa shape index (κ2) is 14.7. The van der Waals surface area contributed by atoms with E-state index in [0.29, 0.717) is 35.1 Å². The Bertz CT molecular complexity index is 1120. The summed E-state index contributed by atoms with van der Waals surface area (Å²) in [7, 11) is 0. The van der Waals surface area contributed by atoms with Crippen LogP contribution in [0.2, 0.25) is 10.0 Å². The van der Waals surface area contributed by atoms with Gasteiger partial charge in [-0.05, 0) is 49.6 Å². The first kappa shape index (κ1) is 28.5. The SMILES string of the molecule is CC[C@@H](C)NC(=O)[C@@H](Cc1ccccc1)N(Cc1c(Cl)cccc1Cl)C(=O)CCCOc1ccccc1. The predicted molar refractivity (Wildman–Crippen MR) is 150 cm³/mol. The van der Waals surface area contributed by atoms with Gasteiger partial charge in [0.2, 0.25) is 11.8 Å². The molecule has 1 N–H and O–H groups in total. The fourth-order valence-electron chi connectivity index (χ4n) is 3.92. The molecule has 5 nitrogen and oxygen atoms in total. The van der Waals surface area contributed by atoms with Gasteiger partial charge in [0.05, 0.1) is 6.61 Å². The van der Waals surface area contributed by atoms with E-state index in [9.17, 15) is 9.59 Å². The fourth-order valence-corrected chi connectivity index (χ4v) is 4.44. The van der Waals surface area contributed by atoms with Crippen molar-refractivity contribution in [3.05, 3.63) is 100 Å². The van der Waals surface area contributed by atoms with E-state index in [2.05, 4.69) is 5.32 Å². The molecule has 0 spiro atoms. The van der Waals surface area contributed by atoms with Crippen molar-refractivity contribution in [2.24, 2.45) is 0 Å². The van der Waals surface area contributed by atoms with Gasteiger partial charge >= 0.3 is 0 Å². The minimum absolute atomic E-state index is 0.0223. The quantitative estimate of drug-likeness (QED) is 0.245. The zero-order valence-corrected chi connectivity index (χ0v) is 22.8. The molecule has 0 saturated carbocycles. The molecule has 0 fully saturated rings. The predicted octanol–water partition coefficient (Wildman–Crippen LogP) is 6.71. The Morgan fingerprint density at radius 1 is 0.919 bits per heavy atom. The van der Waals surface area contributed by atoms with Crippen LogP contribution < -0.4 is 10.1 Å². The van der Waals surface area contributed by atoms with Crippen molar-refractivity contribution < 1.29 is 14.3 Å². The van der Waals surface area contributed by atoms with E-state index in [-0.39, 0.29) is 30.8 Å². The molecule has 0 bridgehead atoms. The molecule has 3 rings (SSSR count). The number of benzene rings is 3. The third-order valence-corrected chi connectivity index (χ3v) is 6.92. The van der Waals surface area contributed by atoms with Crippen LogP contribution in [0.25, 0.3) is 0 Å². The third-order valence-electron chi connectivity index (χ3n) is 6.21. The van der Waals surface area contributed by atoms with E-state index in [1.165, 1.54) is 0 Å². The van der Waals surface area contributed by atoms with E-state index in [4.69, 9.17) is 27.9 Å². The Labute approximate surface area is 229 Å². The number of halogens is 2. The summed E-state index contributed by atoms with van der Waals surface area (Å²) >= 11 is 13.0. The lowest BCUT2D eigenvalue weighted by Gasteiger charge is -2.33. The minimum Gasteiger partial charge on any atom is -0.494 e. The smallest absolute Gasteiger partial charge is 0.243 e. The maximum absolute atomic E-state index is 13.7. The monoisotopic (exact) mass is 540 g/mol. The summed E-state index contributed by atoms with van der Waals surface area (Å²) in [6.45, 7) is 4.48. The van der Waals surface area contributed by atoms with Crippen molar-refractivity contribution in [3.63, 3.8) is 0 Å². The number of nitrogens with zero attached hydrogens (tertiary/aromatic N) is 1. The first-order valence-electron chi connectivity index (χ1n) is 12.6. The number of nitrogens with one attached hydrogen (secondary N) is 1. The highest BCUT2D eigenvalue weighted by Crippen LogP contribution is 2.27. The number of hydrogen-bond acceptors (Lipinski definition) is 3. The van der Waals surface area contributed by atoms with E-state index in [0.717, 1.165) is 17.7 Å². The van der Waals surface area contributed by atoms with Crippen LogP contribution in [0, 0.1) is 0 Å². The first-order valence-corrected chi connectivity index (χ1v) is 13.4. The van der Waals surface area contributed by atoms with Crippen molar-refractivity contribution >= 4 is 35.0 Å². The molecule has 3 aromatic rings. The standard InChI is InChI=1S/C30H34Cl2N2O3/c1-3-22(2)33-30(36)28(20-23-12-6-4-7-13-23)34(21-25-26(31)16-10-17-27(25)32)29(35)18-11-19-37-24-14-8-5-9-15-24/h4-10,12-17,22,28H,3,11,18-21H2,1-2H3,(H,33,36)/t22-,28-/m1/s1. The molecular weight excluding hydrogens is 507 g/mol. The summed E-state index contributed by atoms with van der Waals surface area (Å²) < 4.78 is 5.77. The molecule has 37 heavy (non-hydrogen) atoms. The summed E-state index contributed by atoms with van der Waals surface area (Å²) in [6.07, 6.45) is 1.88. The fraction of sp³-hybridized carbons (Fsp3) is 0.333. The van der Waals surface area contributed by atoms with E-state index in [1.807, 2.05) is 74.5 Å². The molecule has 0 unspecified atom stereocenters. The molecule has 196 valence electrons. The Kier molecular flexibility index (Phi) is 11.3. The van der Waals surface area contributed by atoms with Gasteiger partial charge in [0.25, 0.3) is 0 Å². The average molecular weight is 542 g/mol. The highest BCUT2D eigenvalue weighted by Gasteiger charge is 2.31. The van der Waals surface area contributed by atoms with Crippen molar-refractivity contribution in [2.45, 2.75) is 58.2 Å². The van der Waals surface area contributed by atoms with Crippen molar-refractivity contribution in [2.75, 3.05) is 6.61 Å². The third kappa shape index (κ3) is 8.80. The van der Waals surface area contributed by atoms with Gasteiger partial charge in [-0.2, -0.15) is 0 Å². The molecule has 0 aliphatic rings. The lowest BCUT2D eigenvalue weighted by molar-refractivity contribution is -0.141. The second-order valence-electron chi connectivity index (χ2n) is 9.01. The van der Waals surface area contributed by atoms with Crippen LogP contribution in [0.15, 0.2) is 78.9 Å². The molecule has 2 amide bonds. The van der Waals surface area contributed by atoms with Crippen LogP contribution in [0.1, 0.15) is 44.2 Å². The number of rotatable bonds is 13. The van der Waals surface area contributed by atoms with Crippen LogP contribution >= 0.6 is 23.2 Å². The van der Waals surface area contributed by atoms with E-state index < -0.39 is 6.04 Å². The molecule has 0 aliphatic carbocycles. The maximum Gasteiger partial charge on any atom is 0.243 e. The van der Waals surface area contributed by atoms with Crippen LogP contribution in [0.5, 0.6) is 5.75 Å². The van der Waals surface area contributed by atoms with Gasteiger partial charge in [-0.3, -0.25) is 9.59 Å². The Balaban J connectivity index is 1.85. The van der Waals surface area contributed by atoms with Gasteiger partial charge in [-0.15, -0.1) is 0 Å². The van der Waals surface area contributed by atoms with E-state index >= 15 is 0 Å². The second-order valence-corrected chi connectivity index (χ2v) is 9.82. The van der Waals surface area contributed by atoms with Crippen LogP contribution in [0.3, 0.4) is 0 Å². The molecule has 0 heterocycles. The number of carbonyl (C=O) groups excluding carboxylic acids is 2. The molecule has 0 saturated heterocycles. The minimum atomic E-state index is -0.730.